The normalized spacial score (nSPS) is 12.0. The molecule has 0 aliphatic carbocycles. The molecule has 96 valence electrons. The molecule has 0 saturated carbocycles. The summed E-state index contributed by atoms with van der Waals surface area (Å²) in [7, 11) is 0. The third kappa shape index (κ3) is 2.30. The quantitative estimate of drug-likeness (QED) is 0.873. The van der Waals surface area contributed by atoms with Crippen molar-refractivity contribution in [2.45, 2.75) is 39.0 Å². The molecule has 1 heterocycles. The Morgan fingerprint density at radius 3 is 2.72 bits per heavy atom. The number of halogens is 1. The molecule has 2 nitrogen and oxygen atoms in total. The van der Waals surface area contributed by atoms with Crippen molar-refractivity contribution in [1.29, 1.82) is 0 Å². The van der Waals surface area contributed by atoms with Crippen LogP contribution < -0.4 is 0 Å². The Morgan fingerprint density at radius 1 is 1.33 bits per heavy atom. The number of fused-ring (bicyclic) bond motifs is 1. The zero-order valence-corrected chi connectivity index (χ0v) is 11.8. The van der Waals surface area contributed by atoms with E-state index in [-0.39, 0.29) is 11.3 Å². The SMILES string of the molecule is CCCC(C)(C)c1cc2ccnc(O)c2cc1Cl. The fourth-order valence-corrected chi connectivity index (χ4v) is 2.88. The van der Waals surface area contributed by atoms with Crippen molar-refractivity contribution in [3.63, 3.8) is 0 Å². The lowest BCUT2D eigenvalue weighted by Gasteiger charge is -2.26. The number of pyridine rings is 1. The van der Waals surface area contributed by atoms with Crippen LogP contribution >= 0.6 is 11.6 Å². The average Bonchev–Trinajstić information content (AvgIpc) is 2.29. The molecule has 0 aliphatic heterocycles. The number of hydrogen-bond donors (Lipinski definition) is 1. The van der Waals surface area contributed by atoms with Gasteiger partial charge in [-0.3, -0.25) is 0 Å². The van der Waals surface area contributed by atoms with Gasteiger partial charge in [-0.05, 0) is 41.0 Å². The Balaban J connectivity index is 2.63. The highest BCUT2D eigenvalue weighted by Crippen LogP contribution is 2.37. The molecular formula is C15H18ClNO. The molecule has 3 heteroatoms. The Morgan fingerprint density at radius 2 is 2.06 bits per heavy atom. The summed E-state index contributed by atoms with van der Waals surface area (Å²) in [5.74, 6) is 0.0363. The molecule has 1 N–H and O–H groups in total. The molecule has 0 aliphatic rings. The number of hydrogen-bond acceptors (Lipinski definition) is 2. The van der Waals surface area contributed by atoms with Crippen molar-refractivity contribution >= 4 is 22.4 Å². The molecule has 0 bridgehead atoms. The number of aromatic hydroxyl groups is 1. The molecule has 1 aromatic heterocycles. The molecule has 0 saturated heterocycles. The van der Waals surface area contributed by atoms with Gasteiger partial charge in [0.05, 0.1) is 0 Å². The maximum atomic E-state index is 9.72. The van der Waals surface area contributed by atoms with Crippen LogP contribution in [-0.2, 0) is 5.41 Å². The molecule has 2 rings (SSSR count). The van der Waals surface area contributed by atoms with Gasteiger partial charge in [0.1, 0.15) is 0 Å². The summed E-state index contributed by atoms with van der Waals surface area (Å²) in [5.41, 5.74) is 1.17. The molecule has 0 unspecified atom stereocenters. The highest BCUT2D eigenvalue weighted by Gasteiger charge is 2.23. The van der Waals surface area contributed by atoms with E-state index in [1.165, 1.54) is 0 Å². The maximum Gasteiger partial charge on any atom is 0.218 e. The molecule has 0 amide bonds. The van der Waals surface area contributed by atoms with Gasteiger partial charge in [0.2, 0.25) is 5.88 Å². The van der Waals surface area contributed by atoms with Crippen LogP contribution in [0.2, 0.25) is 5.02 Å². The van der Waals surface area contributed by atoms with Gasteiger partial charge in [-0.15, -0.1) is 0 Å². The lowest BCUT2D eigenvalue weighted by atomic mass is 9.80. The first-order chi connectivity index (χ1) is 8.45. The van der Waals surface area contributed by atoms with E-state index >= 15 is 0 Å². The van der Waals surface area contributed by atoms with Gasteiger partial charge in [-0.1, -0.05) is 38.8 Å². The van der Waals surface area contributed by atoms with Gasteiger partial charge in [0.25, 0.3) is 0 Å². The number of rotatable bonds is 3. The van der Waals surface area contributed by atoms with Gasteiger partial charge in [-0.2, -0.15) is 0 Å². The Bertz CT molecular complexity index is 578. The monoisotopic (exact) mass is 263 g/mol. The van der Waals surface area contributed by atoms with Crippen molar-refractivity contribution in [3.05, 3.63) is 35.0 Å². The summed E-state index contributed by atoms with van der Waals surface area (Å²) in [4.78, 5) is 3.87. The van der Waals surface area contributed by atoms with Gasteiger partial charge < -0.3 is 5.11 Å². The highest BCUT2D eigenvalue weighted by atomic mass is 35.5. The molecule has 0 radical (unpaired) electrons. The van der Waals surface area contributed by atoms with E-state index in [2.05, 4.69) is 31.8 Å². The molecule has 0 spiro atoms. The first kappa shape index (κ1) is 13.2. The van der Waals surface area contributed by atoms with E-state index in [1.807, 2.05) is 12.1 Å². The molecule has 18 heavy (non-hydrogen) atoms. The molecule has 0 atom stereocenters. The minimum absolute atomic E-state index is 0.0363. The first-order valence-electron chi connectivity index (χ1n) is 6.23. The first-order valence-corrected chi connectivity index (χ1v) is 6.61. The van der Waals surface area contributed by atoms with Crippen LogP contribution in [0.1, 0.15) is 39.2 Å². The van der Waals surface area contributed by atoms with Gasteiger partial charge >= 0.3 is 0 Å². The second kappa shape index (κ2) is 4.77. The Kier molecular flexibility index (Phi) is 3.49. The van der Waals surface area contributed by atoms with Gasteiger partial charge in [-0.25, -0.2) is 4.98 Å². The van der Waals surface area contributed by atoms with Crippen molar-refractivity contribution in [2.75, 3.05) is 0 Å². The van der Waals surface area contributed by atoms with Crippen LogP contribution in [-0.4, -0.2) is 10.1 Å². The van der Waals surface area contributed by atoms with Crippen molar-refractivity contribution in [1.82, 2.24) is 4.98 Å². The topological polar surface area (TPSA) is 33.1 Å². The van der Waals surface area contributed by atoms with E-state index in [9.17, 15) is 5.11 Å². The molecular weight excluding hydrogens is 246 g/mol. The molecule has 0 fully saturated rings. The van der Waals surface area contributed by atoms with E-state index < -0.39 is 0 Å². The number of nitrogens with zero attached hydrogens (tertiary/aromatic N) is 1. The summed E-state index contributed by atoms with van der Waals surface area (Å²) < 4.78 is 0. The third-order valence-corrected chi connectivity index (χ3v) is 3.75. The minimum Gasteiger partial charge on any atom is -0.493 e. The summed E-state index contributed by atoms with van der Waals surface area (Å²) in [6.07, 6.45) is 3.81. The third-order valence-electron chi connectivity index (χ3n) is 3.44. The lowest BCUT2D eigenvalue weighted by Crippen LogP contribution is -2.17. The van der Waals surface area contributed by atoms with Crippen LogP contribution in [0.4, 0.5) is 0 Å². The van der Waals surface area contributed by atoms with Crippen molar-refractivity contribution < 1.29 is 5.11 Å². The second-order valence-corrected chi connectivity index (χ2v) is 5.73. The predicted octanol–water partition coefficient (Wildman–Crippen LogP) is 4.67. The minimum atomic E-state index is 0.0363. The van der Waals surface area contributed by atoms with E-state index in [4.69, 9.17) is 11.6 Å². The molecule has 1 aromatic carbocycles. The summed E-state index contributed by atoms with van der Waals surface area (Å²) in [5, 5.41) is 12.1. The maximum absolute atomic E-state index is 9.72. The second-order valence-electron chi connectivity index (χ2n) is 5.32. The van der Waals surface area contributed by atoms with E-state index in [1.54, 1.807) is 6.20 Å². The highest BCUT2D eigenvalue weighted by molar-refractivity contribution is 6.32. The summed E-state index contributed by atoms with van der Waals surface area (Å²) in [6, 6.07) is 5.78. The lowest BCUT2D eigenvalue weighted by molar-refractivity contribution is 0.460. The van der Waals surface area contributed by atoms with E-state index in [0.29, 0.717) is 10.4 Å². The van der Waals surface area contributed by atoms with Gasteiger partial charge in [0, 0.05) is 16.6 Å². The fraction of sp³-hybridized carbons (Fsp3) is 0.400. The fourth-order valence-electron chi connectivity index (χ4n) is 2.46. The van der Waals surface area contributed by atoms with Crippen molar-refractivity contribution in [3.8, 4) is 5.88 Å². The van der Waals surface area contributed by atoms with Crippen molar-refractivity contribution in [2.24, 2.45) is 0 Å². The average molecular weight is 264 g/mol. The van der Waals surface area contributed by atoms with Crippen LogP contribution in [0.25, 0.3) is 10.8 Å². The van der Waals surface area contributed by atoms with Crippen LogP contribution in [0, 0.1) is 0 Å². The Labute approximate surface area is 113 Å². The Hall–Kier alpha value is -1.28. The number of benzene rings is 1. The summed E-state index contributed by atoms with van der Waals surface area (Å²) >= 11 is 6.36. The zero-order valence-electron chi connectivity index (χ0n) is 11.0. The number of aromatic nitrogens is 1. The van der Waals surface area contributed by atoms with Gasteiger partial charge in [0.15, 0.2) is 0 Å². The smallest absolute Gasteiger partial charge is 0.218 e. The summed E-state index contributed by atoms with van der Waals surface area (Å²) in [6.45, 7) is 6.57. The zero-order chi connectivity index (χ0) is 13.3. The largest absolute Gasteiger partial charge is 0.493 e. The van der Waals surface area contributed by atoms with E-state index in [0.717, 1.165) is 23.8 Å². The van der Waals surface area contributed by atoms with Crippen LogP contribution in [0.15, 0.2) is 24.4 Å². The van der Waals surface area contributed by atoms with Crippen LogP contribution in [0.3, 0.4) is 0 Å². The predicted molar refractivity (Wildman–Crippen MR) is 76.4 cm³/mol. The molecule has 2 aromatic rings. The standard InChI is InChI=1S/C15H18ClNO/c1-4-6-15(2,3)12-8-10-5-7-17-14(18)11(10)9-13(12)16/h5,7-9H,4,6H2,1-3H3,(H,17,18). The van der Waals surface area contributed by atoms with Crippen LogP contribution in [0.5, 0.6) is 5.88 Å².